The molecule has 3 amide bonds. The first-order chi connectivity index (χ1) is 14.5. The van der Waals surface area contributed by atoms with Gasteiger partial charge in [-0.15, -0.1) is 0 Å². The number of amides is 3. The molecule has 1 saturated heterocycles. The molecule has 0 aliphatic carbocycles. The van der Waals surface area contributed by atoms with Gasteiger partial charge in [0.2, 0.25) is 0 Å². The SMILES string of the molecule is CC(C)NC(=O)NC(=O)[C@@H](C)[NH+]1CC[NH+](C(c2ccccc2)c2ccccc2)CC1. The highest BCUT2D eigenvalue weighted by atomic mass is 16.2. The Hall–Kier alpha value is -2.70. The van der Waals surface area contributed by atoms with Gasteiger partial charge in [-0.1, -0.05) is 60.7 Å². The molecule has 0 spiro atoms. The first kappa shape index (κ1) is 22.0. The van der Waals surface area contributed by atoms with E-state index in [0.29, 0.717) is 0 Å². The maximum Gasteiger partial charge on any atom is 0.321 e. The van der Waals surface area contributed by atoms with Crippen LogP contribution in [-0.2, 0) is 4.79 Å². The summed E-state index contributed by atoms with van der Waals surface area (Å²) in [6, 6.07) is 20.9. The summed E-state index contributed by atoms with van der Waals surface area (Å²) in [5.74, 6) is -0.214. The molecule has 2 aromatic rings. The summed E-state index contributed by atoms with van der Waals surface area (Å²) >= 11 is 0. The van der Waals surface area contributed by atoms with Crippen molar-refractivity contribution in [2.75, 3.05) is 26.2 Å². The molecule has 2 aromatic carbocycles. The van der Waals surface area contributed by atoms with Crippen LogP contribution in [0.1, 0.15) is 37.9 Å². The van der Waals surface area contributed by atoms with Gasteiger partial charge in [-0.05, 0) is 20.8 Å². The number of carbonyl (C=O) groups excluding carboxylic acids is 2. The number of piperazine rings is 1. The third-order valence-electron chi connectivity index (χ3n) is 5.87. The van der Waals surface area contributed by atoms with Crippen LogP contribution in [0, 0.1) is 0 Å². The minimum atomic E-state index is -0.418. The van der Waals surface area contributed by atoms with E-state index in [1.54, 1.807) is 0 Å². The largest absolute Gasteiger partial charge is 0.336 e. The van der Waals surface area contributed by atoms with Crippen molar-refractivity contribution in [3.05, 3.63) is 71.8 Å². The van der Waals surface area contributed by atoms with Crippen molar-refractivity contribution in [3.63, 3.8) is 0 Å². The van der Waals surface area contributed by atoms with Crippen LogP contribution in [0.25, 0.3) is 0 Å². The lowest BCUT2D eigenvalue weighted by Gasteiger charge is -2.36. The van der Waals surface area contributed by atoms with E-state index in [4.69, 9.17) is 0 Å². The summed E-state index contributed by atoms with van der Waals surface area (Å²) in [6.07, 6.45) is 0. The number of carbonyl (C=O) groups is 2. The van der Waals surface area contributed by atoms with E-state index in [0.717, 1.165) is 26.2 Å². The Morgan fingerprint density at radius 2 is 1.23 bits per heavy atom. The molecule has 0 saturated carbocycles. The van der Waals surface area contributed by atoms with Gasteiger partial charge in [-0.25, -0.2) is 4.79 Å². The van der Waals surface area contributed by atoms with Gasteiger partial charge in [-0.3, -0.25) is 10.1 Å². The fourth-order valence-electron chi connectivity index (χ4n) is 4.27. The molecule has 1 fully saturated rings. The summed E-state index contributed by atoms with van der Waals surface area (Å²) in [5, 5.41) is 5.18. The van der Waals surface area contributed by atoms with Crippen LogP contribution in [0.15, 0.2) is 60.7 Å². The minimum Gasteiger partial charge on any atom is -0.336 e. The van der Waals surface area contributed by atoms with Gasteiger partial charge in [-0.2, -0.15) is 0 Å². The van der Waals surface area contributed by atoms with Crippen LogP contribution in [0.3, 0.4) is 0 Å². The van der Waals surface area contributed by atoms with Crippen LogP contribution in [0.5, 0.6) is 0 Å². The monoisotopic (exact) mass is 410 g/mol. The van der Waals surface area contributed by atoms with Crippen molar-refractivity contribution in [2.45, 2.75) is 38.9 Å². The van der Waals surface area contributed by atoms with Gasteiger partial charge in [0.05, 0.1) is 0 Å². The van der Waals surface area contributed by atoms with Gasteiger partial charge in [0.1, 0.15) is 32.2 Å². The number of nitrogens with one attached hydrogen (secondary N) is 4. The molecule has 0 unspecified atom stereocenters. The number of urea groups is 1. The molecule has 0 radical (unpaired) electrons. The van der Waals surface area contributed by atoms with Crippen LogP contribution < -0.4 is 20.4 Å². The molecule has 30 heavy (non-hydrogen) atoms. The number of quaternary nitrogens is 2. The Bertz CT molecular complexity index is 778. The van der Waals surface area contributed by atoms with E-state index >= 15 is 0 Å². The van der Waals surface area contributed by atoms with Crippen LogP contribution in [0.2, 0.25) is 0 Å². The molecule has 6 heteroatoms. The fourth-order valence-corrected chi connectivity index (χ4v) is 4.27. The van der Waals surface area contributed by atoms with Crippen molar-refractivity contribution in [3.8, 4) is 0 Å². The van der Waals surface area contributed by atoms with Crippen LogP contribution >= 0.6 is 0 Å². The maximum absolute atomic E-state index is 12.5. The van der Waals surface area contributed by atoms with Crippen LogP contribution in [0.4, 0.5) is 4.79 Å². The van der Waals surface area contributed by atoms with Crippen LogP contribution in [-0.4, -0.2) is 50.2 Å². The third-order valence-corrected chi connectivity index (χ3v) is 5.87. The number of rotatable bonds is 6. The van der Waals surface area contributed by atoms with E-state index in [9.17, 15) is 9.59 Å². The Morgan fingerprint density at radius 3 is 1.70 bits per heavy atom. The third kappa shape index (κ3) is 5.68. The van der Waals surface area contributed by atoms with E-state index < -0.39 is 6.03 Å². The molecular formula is C24H34N4O2+2. The molecule has 1 atom stereocenters. The van der Waals surface area contributed by atoms with Crippen molar-refractivity contribution in [2.24, 2.45) is 0 Å². The summed E-state index contributed by atoms with van der Waals surface area (Å²) in [7, 11) is 0. The zero-order chi connectivity index (χ0) is 21.5. The molecule has 0 aromatic heterocycles. The second kappa shape index (κ2) is 10.4. The fraction of sp³-hybridized carbons (Fsp3) is 0.417. The second-order valence-electron chi connectivity index (χ2n) is 8.41. The van der Waals surface area contributed by atoms with E-state index in [1.165, 1.54) is 20.9 Å². The molecule has 4 N–H and O–H groups in total. The van der Waals surface area contributed by atoms with Gasteiger partial charge in [0, 0.05) is 17.2 Å². The standard InChI is InChI=1S/C24H32N4O2/c1-18(2)25-24(30)26-23(29)19(3)27-14-16-28(17-15-27)22(20-10-6-4-7-11-20)21-12-8-5-9-13-21/h4-13,18-19,22H,14-17H2,1-3H3,(H2,25,26,29,30)/p+2/t19-/m1/s1. The van der Waals surface area contributed by atoms with E-state index in [2.05, 4.69) is 71.3 Å². The molecule has 3 rings (SSSR count). The van der Waals surface area contributed by atoms with Gasteiger partial charge in [0.15, 0.2) is 6.04 Å². The zero-order valence-corrected chi connectivity index (χ0v) is 18.2. The van der Waals surface area contributed by atoms with Crippen molar-refractivity contribution in [1.29, 1.82) is 0 Å². The molecule has 6 nitrogen and oxygen atoms in total. The lowest BCUT2D eigenvalue weighted by molar-refractivity contribution is -1.03. The minimum absolute atomic E-state index is 0.000467. The molecule has 1 aliphatic heterocycles. The lowest BCUT2D eigenvalue weighted by atomic mass is 9.96. The Kier molecular flexibility index (Phi) is 7.60. The van der Waals surface area contributed by atoms with Crippen molar-refractivity contribution < 1.29 is 19.4 Å². The summed E-state index contributed by atoms with van der Waals surface area (Å²) in [5.41, 5.74) is 2.64. The van der Waals surface area contributed by atoms with Gasteiger partial charge in [0.25, 0.3) is 5.91 Å². The summed E-state index contributed by atoms with van der Waals surface area (Å²) in [6.45, 7) is 9.38. The molecular weight excluding hydrogens is 376 g/mol. The zero-order valence-electron chi connectivity index (χ0n) is 18.2. The number of imide groups is 1. The molecule has 1 aliphatic rings. The molecule has 160 valence electrons. The first-order valence-corrected chi connectivity index (χ1v) is 10.9. The highest BCUT2D eigenvalue weighted by Gasteiger charge is 2.35. The van der Waals surface area contributed by atoms with E-state index in [-0.39, 0.29) is 24.0 Å². The Labute approximate surface area is 179 Å². The Morgan fingerprint density at radius 1 is 0.767 bits per heavy atom. The number of benzene rings is 2. The number of hydrogen-bond donors (Lipinski definition) is 4. The Balaban J connectivity index is 1.64. The average molecular weight is 411 g/mol. The first-order valence-electron chi connectivity index (χ1n) is 10.9. The maximum atomic E-state index is 12.5. The van der Waals surface area contributed by atoms with Gasteiger partial charge < -0.3 is 15.1 Å². The quantitative estimate of drug-likeness (QED) is 0.549. The van der Waals surface area contributed by atoms with Gasteiger partial charge >= 0.3 is 6.03 Å². The lowest BCUT2D eigenvalue weighted by Crippen LogP contribution is -3.30. The predicted octanol–water partition coefficient (Wildman–Crippen LogP) is 0.182. The second-order valence-corrected chi connectivity index (χ2v) is 8.41. The normalized spacial score (nSPS) is 20.0. The van der Waals surface area contributed by atoms with E-state index in [1.807, 2.05) is 20.8 Å². The predicted molar refractivity (Wildman–Crippen MR) is 117 cm³/mol. The molecule has 0 bridgehead atoms. The topological polar surface area (TPSA) is 67.1 Å². The summed E-state index contributed by atoms with van der Waals surface area (Å²) in [4.78, 5) is 27.1. The molecule has 1 heterocycles. The average Bonchev–Trinajstić information content (AvgIpc) is 2.75. The van der Waals surface area contributed by atoms with Crippen molar-refractivity contribution in [1.82, 2.24) is 10.6 Å². The smallest absolute Gasteiger partial charge is 0.321 e. The number of hydrogen-bond acceptors (Lipinski definition) is 2. The highest BCUT2D eigenvalue weighted by molar-refractivity contribution is 5.96. The van der Waals surface area contributed by atoms with Crippen molar-refractivity contribution >= 4 is 11.9 Å². The highest BCUT2D eigenvalue weighted by Crippen LogP contribution is 2.18. The summed E-state index contributed by atoms with van der Waals surface area (Å²) < 4.78 is 0.